The summed E-state index contributed by atoms with van der Waals surface area (Å²) in [4.78, 5) is 19.5. The molecule has 150 valence electrons. The van der Waals surface area contributed by atoms with E-state index in [0.717, 1.165) is 42.3 Å². The maximum absolute atomic E-state index is 13.0. The largest absolute Gasteiger partial charge is 0.497 e. The molecule has 2 heterocycles. The number of piperidine rings is 1. The lowest BCUT2D eigenvalue weighted by Gasteiger charge is -2.33. The molecule has 1 aromatic heterocycles. The van der Waals surface area contributed by atoms with Crippen LogP contribution in [0.25, 0.3) is 0 Å². The highest BCUT2D eigenvalue weighted by atomic mass is 32.1. The topological polar surface area (TPSA) is 54.5 Å². The van der Waals surface area contributed by atoms with Crippen LogP contribution in [0.3, 0.4) is 0 Å². The molecule has 5 nitrogen and oxygen atoms in total. The molecule has 1 saturated heterocycles. The van der Waals surface area contributed by atoms with Crippen molar-refractivity contribution in [1.29, 1.82) is 0 Å². The zero-order chi connectivity index (χ0) is 20.1. The molecule has 1 aliphatic heterocycles. The Morgan fingerprint density at radius 3 is 2.76 bits per heavy atom. The van der Waals surface area contributed by atoms with Gasteiger partial charge in [0.2, 0.25) is 0 Å². The van der Waals surface area contributed by atoms with E-state index < -0.39 is 0 Å². The second-order valence-corrected chi connectivity index (χ2v) is 8.19. The molecule has 1 amide bonds. The molecule has 2 aromatic carbocycles. The van der Waals surface area contributed by atoms with Crippen molar-refractivity contribution in [1.82, 2.24) is 9.88 Å². The average Bonchev–Trinajstić information content (AvgIpc) is 3.23. The third kappa shape index (κ3) is 4.95. The minimum Gasteiger partial charge on any atom is -0.497 e. The van der Waals surface area contributed by atoms with E-state index in [1.54, 1.807) is 18.4 Å². The first kappa shape index (κ1) is 19.5. The Bertz CT molecular complexity index is 940. The number of aromatic nitrogens is 1. The summed E-state index contributed by atoms with van der Waals surface area (Å²) in [5.41, 5.74) is 2.82. The fourth-order valence-electron chi connectivity index (χ4n) is 3.63. The van der Waals surface area contributed by atoms with Crippen LogP contribution in [0, 0.1) is 0 Å². The summed E-state index contributed by atoms with van der Waals surface area (Å²) in [7, 11) is 1.66. The van der Waals surface area contributed by atoms with Crippen LogP contribution in [0.4, 0.5) is 5.69 Å². The number of hydrogen-bond acceptors (Lipinski definition) is 5. The van der Waals surface area contributed by atoms with E-state index in [-0.39, 0.29) is 11.9 Å². The third-order valence-corrected chi connectivity index (χ3v) is 5.99. The number of hydrogen-bond donors (Lipinski definition) is 1. The number of rotatable bonds is 6. The van der Waals surface area contributed by atoms with E-state index in [0.29, 0.717) is 12.2 Å². The van der Waals surface area contributed by atoms with E-state index in [1.165, 1.54) is 5.56 Å². The summed E-state index contributed by atoms with van der Waals surface area (Å²) in [5, 5.41) is 6.41. The van der Waals surface area contributed by atoms with Gasteiger partial charge >= 0.3 is 0 Å². The number of carbonyl (C=O) groups is 1. The molecule has 6 heteroatoms. The fourth-order valence-corrected chi connectivity index (χ4v) is 4.43. The molecular formula is C23H25N3O2S. The molecule has 1 atom stereocenters. The minimum atomic E-state index is 0.0294. The highest BCUT2D eigenvalue weighted by Crippen LogP contribution is 2.21. The standard InChI is InChI=1S/C23H25N3O2S/c1-28-20-11-9-18(10-12-20)24-19-8-5-13-26(15-19)23(27)21-16-29-22(25-21)14-17-6-3-2-4-7-17/h2-4,6-7,9-12,16,19,24H,5,8,13-15H2,1H3/t19-/m1/s1. The summed E-state index contributed by atoms with van der Waals surface area (Å²) in [6, 6.07) is 18.4. The van der Waals surface area contributed by atoms with Crippen LogP contribution in [-0.4, -0.2) is 42.0 Å². The molecule has 4 rings (SSSR count). The van der Waals surface area contributed by atoms with Crippen LogP contribution in [0.5, 0.6) is 5.75 Å². The van der Waals surface area contributed by atoms with Gasteiger partial charge in [-0.3, -0.25) is 4.79 Å². The van der Waals surface area contributed by atoms with Crippen molar-refractivity contribution in [3.8, 4) is 5.75 Å². The smallest absolute Gasteiger partial charge is 0.273 e. The van der Waals surface area contributed by atoms with Gasteiger partial charge in [-0.2, -0.15) is 0 Å². The summed E-state index contributed by atoms with van der Waals surface area (Å²) < 4.78 is 5.21. The monoisotopic (exact) mass is 407 g/mol. The number of amides is 1. The predicted molar refractivity (Wildman–Crippen MR) is 117 cm³/mol. The van der Waals surface area contributed by atoms with Crippen molar-refractivity contribution in [2.75, 3.05) is 25.5 Å². The van der Waals surface area contributed by atoms with Gasteiger partial charge in [-0.05, 0) is 42.7 Å². The Labute approximate surface area is 175 Å². The Morgan fingerprint density at radius 1 is 1.21 bits per heavy atom. The van der Waals surface area contributed by atoms with E-state index >= 15 is 0 Å². The number of methoxy groups -OCH3 is 1. The van der Waals surface area contributed by atoms with Gasteiger partial charge < -0.3 is 15.0 Å². The van der Waals surface area contributed by atoms with Crippen LogP contribution in [0.2, 0.25) is 0 Å². The van der Waals surface area contributed by atoms with Crippen LogP contribution in [0.15, 0.2) is 60.0 Å². The number of thiazole rings is 1. The Kier molecular flexibility index (Phi) is 6.10. The van der Waals surface area contributed by atoms with E-state index in [1.807, 2.05) is 52.7 Å². The highest BCUT2D eigenvalue weighted by Gasteiger charge is 2.26. The maximum atomic E-state index is 13.0. The van der Waals surface area contributed by atoms with Gasteiger partial charge in [0.1, 0.15) is 11.4 Å². The van der Waals surface area contributed by atoms with E-state index in [2.05, 4.69) is 22.4 Å². The van der Waals surface area contributed by atoms with Crippen molar-refractivity contribution in [2.24, 2.45) is 0 Å². The number of nitrogens with one attached hydrogen (secondary N) is 1. The SMILES string of the molecule is COc1ccc(N[C@@H]2CCCN(C(=O)c3csc(Cc4ccccc4)n3)C2)cc1. The predicted octanol–water partition coefficient (Wildman–Crippen LogP) is 4.46. The average molecular weight is 408 g/mol. The fraction of sp³-hybridized carbons (Fsp3) is 0.304. The normalized spacial score (nSPS) is 16.4. The van der Waals surface area contributed by atoms with E-state index in [4.69, 9.17) is 4.74 Å². The summed E-state index contributed by atoms with van der Waals surface area (Å²) in [6.45, 7) is 1.47. The molecule has 0 radical (unpaired) electrons. The van der Waals surface area contributed by atoms with Crippen molar-refractivity contribution in [3.63, 3.8) is 0 Å². The number of likely N-dealkylation sites (tertiary alicyclic amines) is 1. The maximum Gasteiger partial charge on any atom is 0.273 e. The van der Waals surface area contributed by atoms with Gasteiger partial charge in [-0.1, -0.05) is 30.3 Å². The molecule has 0 bridgehead atoms. The van der Waals surface area contributed by atoms with Gasteiger partial charge in [-0.15, -0.1) is 11.3 Å². The van der Waals surface area contributed by atoms with E-state index in [9.17, 15) is 4.79 Å². The molecule has 0 saturated carbocycles. The second kappa shape index (κ2) is 9.09. The highest BCUT2D eigenvalue weighted by molar-refractivity contribution is 7.09. The first-order chi connectivity index (χ1) is 14.2. The van der Waals surface area contributed by atoms with Crippen LogP contribution in [-0.2, 0) is 6.42 Å². The van der Waals surface area contributed by atoms with Crippen molar-refractivity contribution in [3.05, 3.63) is 76.2 Å². The summed E-state index contributed by atoms with van der Waals surface area (Å²) >= 11 is 1.56. The number of benzene rings is 2. The Morgan fingerprint density at radius 2 is 2.00 bits per heavy atom. The molecule has 1 N–H and O–H groups in total. The van der Waals surface area contributed by atoms with Crippen LogP contribution >= 0.6 is 11.3 Å². The van der Waals surface area contributed by atoms with Crippen molar-refractivity contribution in [2.45, 2.75) is 25.3 Å². The molecule has 3 aromatic rings. The van der Waals surface area contributed by atoms with Gasteiger partial charge in [0.05, 0.1) is 12.1 Å². The van der Waals surface area contributed by atoms with Crippen LogP contribution in [0.1, 0.15) is 33.9 Å². The molecule has 29 heavy (non-hydrogen) atoms. The van der Waals surface area contributed by atoms with Gasteiger partial charge in [0, 0.05) is 36.6 Å². The van der Waals surface area contributed by atoms with Crippen LogP contribution < -0.4 is 10.1 Å². The molecule has 0 unspecified atom stereocenters. The molecular weight excluding hydrogens is 382 g/mol. The lowest BCUT2D eigenvalue weighted by molar-refractivity contribution is 0.0709. The van der Waals surface area contributed by atoms with Gasteiger partial charge in [-0.25, -0.2) is 4.98 Å². The molecule has 1 aliphatic rings. The van der Waals surface area contributed by atoms with Gasteiger partial charge in [0.15, 0.2) is 0 Å². The summed E-state index contributed by atoms with van der Waals surface area (Å²) in [6.07, 6.45) is 2.80. The second-order valence-electron chi connectivity index (χ2n) is 7.25. The zero-order valence-electron chi connectivity index (χ0n) is 16.5. The lowest BCUT2D eigenvalue weighted by atomic mass is 10.0. The number of carbonyl (C=O) groups excluding carboxylic acids is 1. The number of nitrogens with zero attached hydrogens (tertiary/aromatic N) is 2. The number of ether oxygens (including phenoxy) is 1. The molecule has 0 aliphatic carbocycles. The quantitative estimate of drug-likeness (QED) is 0.656. The molecule has 0 spiro atoms. The third-order valence-electron chi connectivity index (χ3n) is 5.14. The summed E-state index contributed by atoms with van der Waals surface area (Å²) in [5.74, 6) is 0.868. The van der Waals surface area contributed by atoms with Crippen molar-refractivity contribution < 1.29 is 9.53 Å². The first-order valence-electron chi connectivity index (χ1n) is 9.89. The van der Waals surface area contributed by atoms with Crippen molar-refractivity contribution >= 4 is 22.9 Å². The first-order valence-corrected chi connectivity index (χ1v) is 10.8. The lowest BCUT2D eigenvalue weighted by Crippen LogP contribution is -2.45. The van der Waals surface area contributed by atoms with Gasteiger partial charge in [0.25, 0.3) is 5.91 Å². The zero-order valence-corrected chi connectivity index (χ0v) is 17.3. The Balaban J connectivity index is 1.37. The minimum absolute atomic E-state index is 0.0294. The Hall–Kier alpha value is -2.86. The number of anilines is 1. The molecule has 1 fully saturated rings.